The number of methoxy groups -OCH3 is 1. The molecule has 1 fully saturated rings. The lowest BCUT2D eigenvalue weighted by molar-refractivity contribution is -0.277. The molecule has 0 amide bonds. The summed E-state index contributed by atoms with van der Waals surface area (Å²) in [6.45, 7) is -0.642. The minimum absolute atomic E-state index is 0.0139. The summed E-state index contributed by atoms with van der Waals surface area (Å²) >= 11 is 0. The summed E-state index contributed by atoms with van der Waals surface area (Å²) in [5, 5.41) is 59.7. The van der Waals surface area contributed by atoms with E-state index >= 15 is 0 Å². The first-order valence-corrected chi connectivity index (χ1v) is 9.89. The molecule has 6 N–H and O–H groups in total. The van der Waals surface area contributed by atoms with Gasteiger partial charge in [0.05, 0.1) is 19.1 Å². The molecule has 0 radical (unpaired) electrons. The van der Waals surface area contributed by atoms with Crippen LogP contribution < -0.4 is 15.1 Å². The van der Waals surface area contributed by atoms with Gasteiger partial charge < -0.3 is 49.3 Å². The van der Waals surface area contributed by atoms with Crippen molar-refractivity contribution in [3.63, 3.8) is 0 Å². The van der Waals surface area contributed by atoms with Crippen LogP contribution in [-0.4, -0.2) is 75.1 Å². The van der Waals surface area contributed by atoms with Gasteiger partial charge in [-0.3, -0.25) is 0 Å². The molecule has 0 bridgehead atoms. The summed E-state index contributed by atoms with van der Waals surface area (Å²) in [4.78, 5) is 12.2. The molecule has 1 saturated heterocycles. The third-order valence-corrected chi connectivity index (χ3v) is 5.40. The molecule has 5 atom stereocenters. The molecule has 1 aliphatic rings. The van der Waals surface area contributed by atoms with E-state index in [1.165, 1.54) is 37.4 Å². The van der Waals surface area contributed by atoms with Crippen molar-refractivity contribution in [2.45, 2.75) is 30.7 Å². The summed E-state index contributed by atoms with van der Waals surface area (Å²) < 4.78 is 21.8. The fraction of sp³-hybridized carbons (Fsp3) is 0.318. The Kier molecular flexibility index (Phi) is 6.15. The molecule has 1 aliphatic heterocycles. The molecule has 11 heteroatoms. The Morgan fingerprint density at radius 1 is 0.970 bits per heavy atom. The van der Waals surface area contributed by atoms with E-state index in [1.54, 1.807) is 0 Å². The van der Waals surface area contributed by atoms with Crippen LogP contribution in [0.1, 0.15) is 0 Å². The lowest BCUT2D eigenvalue weighted by Gasteiger charge is -2.39. The van der Waals surface area contributed by atoms with E-state index in [9.17, 15) is 35.4 Å². The Labute approximate surface area is 186 Å². The predicted octanol–water partition coefficient (Wildman–Crippen LogP) is 0.0585. The summed E-state index contributed by atoms with van der Waals surface area (Å²) in [5.41, 5.74) is -0.0630. The number of ether oxygens (including phenoxy) is 3. The average molecular weight is 462 g/mol. The van der Waals surface area contributed by atoms with E-state index in [4.69, 9.17) is 18.6 Å². The van der Waals surface area contributed by atoms with Crippen LogP contribution in [0.5, 0.6) is 23.0 Å². The smallest absolute Gasteiger partial charge is 0.336 e. The van der Waals surface area contributed by atoms with E-state index in [-0.39, 0.29) is 33.8 Å². The quantitative estimate of drug-likeness (QED) is 0.223. The minimum Gasteiger partial charge on any atom is -0.504 e. The Morgan fingerprint density at radius 2 is 1.73 bits per heavy atom. The minimum atomic E-state index is -1.68. The number of benzene rings is 2. The molecule has 2 heterocycles. The number of aromatic hydroxyl groups is 2. The highest BCUT2D eigenvalue weighted by atomic mass is 16.7. The van der Waals surface area contributed by atoms with Crippen LogP contribution in [0.15, 0.2) is 45.6 Å². The molecule has 176 valence electrons. The Hall–Kier alpha value is -3.35. The number of fused-ring (bicyclic) bond motifs is 1. The Morgan fingerprint density at radius 3 is 2.39 bits per heavy atom. The van der Waals surface area contributed by atoms with Gasteiger partial charge in [-0.25, -0.2) is 4.79 Å². The first kappa shape index (κ1) is 22.8. The van der Waals surface area contributed by atoms with Gasteiger partial charge in [0.15, 0.2) is 11.5 Å². The monoisotopic (exact) mass is 462 g/mol. The van der Waals surface area contributed by atoms with Crippen LogP contribution in [0.4, 0.5) is 0 Å². The van der Waals surface area contributed by atoms with Gasteiger partial charge >= 0.3 is 5.63 Å². The molecule has 0 spiro atoms. The van der Waals surface area contributed by atoms with Crippen LogP contribution >= 0.6 is 0 Å². The SMILES string of the molecule is COc1cc(O[C@H]2O[C@@H](CO)[C@H](O)[C@H](O)[C@@H]2O)c2c(-c3ccc(O)c(O)c3)cc(=O)oc2c1. The molecule has 2 aromatic carbocycles. The normalized spacial score (nSPS) is 25.2. The summed E-state index contributed by atoms with van der Waals surface area (Å²) in [5.74, 6) is -0.528. The van der Waals surface area contributed by atoms with Gasteiger partial charge in [0.2, 0.25) is 6.29 Å². The van der Waals surface area contributed by atoms with Crippen molar-refractivity contribution in [1.82, 2.24) is 0 Å². The molecule has 0 aliphatic carbocycles. The van der Waals surface area contributed by atoms with Crippen LogP contribution in [0.25, 0.3) is 22.1 Å². The van der Waals surface area contributed by atoms with Crippen molar-refractivity contribution in [2.24, 2.45) is 0 Å². The highest BCUT2D eigenvalue weighted by Crippen LogP contribution is 2.40. The van der Waals surface area contributed by atoms with E-state index in [1.807, 2.05) is 0 Å². The van der Waals surface area contributed by atoms with E-state index in [2.05, 4.69) is 0 Å². The van der Waals surface area contributed by atoms with Crippen molar-refractivity contribution >= 4 is 11.0 Å². The largest absolute Gasteiger partial charge is 0.504 e. The topological polar surface area (TPSA) is 179 Å². The van der Waals surface area contributed by atoms with Gasteiger partial charge in [-0.1, -0.05) is 6.07 Å². The zero-order valence-electron chi connectivity index (χ0n) is 17.3. The maximum absolute atomic E-state index is 12.2. The van der Waals surface area contributed by atoms with E-state index in [0.29, 0.717) is 5.56 Å². The van der Waals surface area contributed by atoms with Crippen LogP contribution in [0.2, 0.25) is 0 Å². The molecular weight excluding hydrogens is 440 g/mol. The second-order valence-corrected chi connectivity index (χ2v) is 7.50. The van der Waals surface area contributed by atoms with Gasteiger partial charge in [0.1, 0.15) is 41.5 Å². The lowest BCUT2D eigenvalue weighted by atomic mass is 9.99. The maximum atomic E-state index is 12.2. The molecule has 11 nitrogen and oxygen atoms in total. The zero-order chi connectivity index (χ0) is 23.9. The second kappa shape index (κ2) is 8.89. The van der Waals surface area contributed by atoms with Crippen LogP contribution in [0, 0.1) is 0 Å². The first-order valence-electron chi connectivity index (χ1n) is 9.89. The van der Waals surface area contributed by atoms with Gasteiger partial charge in [-0.05, 0) is 17.7 Å². The number of rotatable bonds is 5. The first-order chi connectivity index (χ1) is 15.7. The second-order valence-electron chi connectivity index (χ2n) is 7.50. The van der Waals surface area contributed by atoms with Gasteiger partial charge in [-0.15, -0.1) is 0 Å². The third-order valence-electron chi connectivity index (χ3n) is 5.40. The Bertz CT molecular complexity index is 1220. The molecule has 0 saturated carbocycles. The molecule has 3 aromatic rings. The van der Waals surface area contributed by atoms with Gasteiger partial charge in [0, 0.05) is 23.8 Å². The zero-order valence-corrected chi connectivity index (χ0v) is 17.3. The van der Waals surface area contributed by atoms with Crippen molar-refractivity contribution in [3.05, 3.63) is 46.8 Å². The van der Waals surface area contributed by atoms with Crippen molar-refractivity contribution in [2.75, 3.05) is 13.7 Å². The molecule has 0 unspecified atom stereocenters. The van der Waals surface area contributed by atoms with Gasteiger partial charge in [0.25, 0.3) is 0 Å². The highest BCUT2D eigenvalue weighted by molar-refractivity contribution is 5.98. The number of phenols is 2. The number of aliphatic hydroxyl groups excluding tert-OH is 4. The van der Waals surface area contributed by atoms with Crippen LogP contribution in [0.3, 0.4) is 0 Å². The average Bonchev–Trinajstić information content (AvgIpc) is 2.80. The predicted molar refractivity (Wildman–Crippen MR) is 112 cm³/mol. The summed E-state index contributed by atoms with van der Waals surface area (Å²) in [7, 11) is 1.37. The number of hydrogen-bond acceptors (Lipinski definition) is 11. The van der Waals surface area contributed by atoms with Gasteiger partial charge in [-0.2, -0.15) is 0 Å². The highest BCUT2D eigenvalue weighted by Gasteiger charge is 2.45. The van der Waals surface area contributed by atoms with Crippen molar-refractivity contribution in [1.29, 1.82) is 0 Å². The molecule has 1 aromatic heterocycles. The fourth-order valence-electron chi connectivity index (χ4n) is 3.66. The fourth-order valence-corrected chi connectivity index (χ4v) is 3.66. The molecule has 33 heavy (non-hydrogen) atoms. The number of aliphatic hydroxyl groups is 4. The van der Waals surface area contributed by atoms with Crippen LogP contribution in [-0.2, 0) is 4.74 Å². The third kappa shape index (κ3) is 4.19. The van der Waals surface area contributed by atoms with E-state index < -0.39 is 48.7 Å². The lowest BCUT2D eigenvalue weighted by Crippen LogP contribution is -2.60. The molecular formula is C22H22O11. The number of hydrogen-bond donors (Lipinski definition) is 6. The molecule has 4 rings (SSSR count). The maximum Gasteiger partial charge on any atom is 0.336 e. The summed E-state index contributed by atoms with van der Waals surface area (Å²) in [6.07, 6.45) is -7.62. The summed E-state index contributed by atoms with van der Waals surface area (Å²) in [6, 6.07) is 7.96. The van der Waals surface area contributed by atoms with Crippen molar-refractivity contribution in [3.8, 4) is 34.1 Å². The van der Waals surface area contributed by atoms with E-state index in [0.717, 1.165) is 6.07 Å². The Balaban J connectivity index is 1.88. The number of phenolic OH excluding ortho intramolecular Hbond substituents is 2. The van der Waals surface area contributed by atoms with Crippen molar-refractivity contribution < 1.29 is 49.3 Å². The standard InChI is InChI=1S/C22H22O11/c1-30-10-5-14-18(11(7-17(26)31-14)9-2-3-12(24)13(25)4-9)15(6-10)32-22-21(29)20(28)19(27)16(8-23)33-22/h2-7,16,19-25,27-29H,8H2,1H3/t16-,19-,20-,21-,22-/m0/s1.